The fourth-order valence-corrected chi connectivity index (χ4v) is 5.58. The van der Waals surface area contributed by atoms with E-state index >= 15 is 0 Å². The SMILES string of the molecule is CC(=O)N1CCC(Nc2cc(N[C@H]3C[C@H](O)[C@@H](N4CCc5ccccc5C4)C3)ncn2)CC1. The zero-order valence-electron chi connectivity index (χ0n) is 19.3. The Hall–Kier alpha value is -2.71. The molecule has 1 amide bonds. The summed E-state index contributed by atoms with van der Waals surface area (Å²) in [4.78, 5) is 24.7. The van der Waals surface area contributed by atoms with E-state index < -0.39 is 0 Å². The number of aromatic nitrogens is 2. The molecule has 3 heterocycles. The first kappa shape index (κ1) is 22.1. The first-order valence-corrected chi connectivity index (χ1v) is 12.1. The molecule has 3 atom stereocenters. The number of aliphatic hydroxyl groups is 1. The van der Waals surface area contributed by atoms with Gasteiger partial charge in [0.15, 0.2) is 0 Å². The molecule has 2 aliphatic heterocycles. The van der Waals surface area contributed by atoms with Crippen LogP contribution in [0.2, 0.25) is 0 Å². The highest BCUT2D eigenvalue weighted by molar-refractivity contribution is 5.73. The van der Waals surface area contributed by atoms with Gasteiger partial charge in [-0.05, 0) is 43.2 Å². The molecule has 1 saturated carbocycles. The number of amides is 1. The monoisotopic (exact) mass is 450 g/mol. The number of rotatable bonds is 5. The quantitative estimate of drug-likeness (QED) is 0.643. The summed E-state index contributed by atoms with van der Waals surface area (Å²) in [6, 6.07) is 11.2. The second-order valence-corrected chi connectivity index (χ2v) is 9.65. The van der Waals surface area contributed by atoms with Gasteiger partial charge in [0.25, 0.3) is 0 Å². The predicted octanol–water partition coefficient (Wildman–Crippen LogP) is 2.26. The zero-order chi connectivity index (χ0) is 22.8. The van der Waals surface area contributed by atoms with Crippen LogP contribution in [0.1, 0.15) is 43.7 Å². The van der Waals surface area contributed by atoms with Crippen molar-refractivity contribution in [2.24, 2.45) is 0 Å². The van der Waals surface area contributed by atoms with Gasteiger partial charge in [-0.1, -0.05) is 24.3 Å². The number of carbonyl (C=O) groups excluding carboxylic acids is 1. The molecule has 8 heteroatoms. The maximum Gasteiger partial charge on any atom is 0.219 e. The van der Waals surface area contributed by atoms with Gasteiger partial charge in [0.05, 0.1) is 6.10 Å². The van der Waals surface area contributed by atoms with Gasteiger partial charge in [0.1, 0.15) is 18.0 Å². The van der Waals surface area contributed by atoms with Crippen LogP contribution in [0.4, 0.5) is 11.6 Å². The van der Waals surface area contributed by atoms with Crippen molar-refractivity contribution in [1.82, 2.24) is 19.8 Å². The van der Waals surface area contributed by atoms with E-state index in [1.54, 1.807) is 13.3 Å². The number of anilines is 2. The largest absolute Gasteiger partial charge is 0.391 e. The van der Waals surface area contributed by atoms with E-state index in [-0.39, 0.29) is 24.1 Å². The lowest BCUT2D eigenvalue weighted by atomic mass is 9.98. The highest BCUT2D eigenvalue weighted by Crippen LogP contribution is 2.31. The Bertz CT molecular complexity index is 977. The van der Waals surface area contributed by atoms with E-state index in [2.05, 4.69) is 49.8 Å². The lowest BCUT2D eigenvalue weighted by Gasteiger charge is -2.35. The lowest BCUT2D eigenvalue weighted by molar-refractivity contribution is -0.129. The van der Waals surface area contributed by atoms with Crippen LogP contribution in [0.25, 0.3) is 0 Å². The number of nitrogens with zero attached hydrogens (tertiary/aromatic N) is 4. The Balaban J connectivity index is 1.16. The van der Waals surface area contributed by atoms with Gasteiger partial charge in [-0.25, -0.2) is 9.97 Å². The normalized spacial score (nSPS) is 26.1. The number of benzene rings is 1. The van der Waals surface area contributed by atoms with Crippen molar-refractivity contribution in [1.29, 1.82) is 0 Å². The van der Waals surface area contributed by atoms with E-state index in [4.69, 9.17) is 0 Å². The third-order valence-electron chi connectivity index (χ3n) is 7.44. The third-order valence-corrected chi connectivity index (χ3v) is 7.44. The molecule has 1 saturated heterocycles. The highest BCUT2D eigenvalue weighted by Gasteiger charge is 2.38. The predicted molar refractivity (Wildman–Crippen MR) is 128 cm³/mol. The number of hydrogen-bond acceptors (Lipinski definition) is 7. The van der Waals surface area contributed by atoms with Crippen molar-refractivity contribution in [2.75, 3.05) is 30.3 Å². The summed E-state index contributed by atoms with van der Waals surface area (Å²) < 4.78 is 0. The smallest absolute Gasteiger partial charge is 0.219 e. The molecule has 3 N–H and O–H groups in total. The summed E-state index contributed by atoms with van der Waals surface area (Å²) in [5, 5.41) is 17.8. The second kappa shape index (κ2) is 9.65. The van der Waals surface area contributed by atoms with Crippen LogP contribution < -0.4 is 10.6 Å². The van der Waals surface area contributed by atoms with Crippen molar-refractivity contribution in [2.45, 2.75) is 69.8 Å². The number of nitrogens with one attached hydrogen (secondary N) is 2. The minimum Gasteiger partial charge on any atom is -0.391 e. The summed E-state index contributed by atoms with van der Waals surface area (Å²) in [6.07, 6.45) is 5.75. The van der Waals surface area contributed by atoms with Crippen molar-refractivity contribution in [3.8, 4) is 0 Å². The van der Waals surface area contributed by atoms with Crippen molar-refractivity contribution in [3.63, 3.8) is 0 Å². The van der Waals surface area contributed by atoms with E-state index in [0.717, 1.165) is 69.9 Å². The lowest BCUT2D eigenvalue weighted by Crippen LogP contribution is -2.43. The molecular weight excluding hydrogens is 416 g/mol. The molecule has 176 valence electrons. The summed E-state index contributed by atoms with van der Waals surface area (Å²) >= 11 is 0. The summed E-state index contributed by atoms with van der Waals surface area (Å²) in [5.74, 6) is 1.74. The van der Waals surface area contributed by atoms with Crippen LogP contribution >= 0.6 is 0 Å². The van der Waals surface area contributed by atoms with E-state index in [9.17, 15) is 9.90 Å². The Morgan fingerprint density at radius 1 is 1.00 bits per heavy atom. The molecule has 1 aromatic carbocycles. The van der Waals surface area contributed by atoms with Crippen LogP contribution in [0.15, 0.2) is 36.7 Å². The first-order valence-electron chi connectivity index (χ1n) is 12.1. The van der Waals surface area contributed by atoms with Gasteiger partial charge in [0, 0.05) is 57.3 Å². The maximum atomic E-state index is 11.5. The molecule has 0 bridgehead atoms. The van der Waals surface area contributed by atoms with Gasteiger partial charge >= 0.3 is 0 Å². The minimum absolute atomic E-state index is 0.146. The third kappa shape index (κ3) is 5.12. The van der Waals surface area contributed by atoms with E-state index in [0.29, 0.717) is 6.04 Å². The van der Waals surface area contributed by atoms with Gasteiger partial charge in [-0.15, -0.1) is 0 Å². The second-order valence-electron chi connectivity index (χ2n) is 9.65. The Labute approximate surface area is 195 Å². The van der Waals surface area contributed by atoms with Crippen LogP contribution in [-0.4, -0.2) is 74.6 Å². The van der Waals surface area contributed by atoms with E-state index in [1.165, 1.54) is 11.1 Å². The Kier molecular flexibility index (Phi) is 6.46. The number of hydrogen-bond donors (Lipinski definition) is 3. The molecule has 1 aromatic heterocycles. The molecular formula is C25H34N6O2. The molecule has 2 aromatic rings. The Morgan fingerprint density at radius 2 is 1.70 bits per heavy atom. The highest BCUT2D eigenvalue weighted by atomic mass is 16.3. The number of aliphatic hydroxyl groups excluding tert-OH is 1. The Morgan fingerprint density at radius 3 is 2.42 bits per heavy atom. The molecule has 33 heavy (non-hydrogen) atoms. The number of piperidine rings is 1. The standard InChI is InChI=1S/C25H34N6O2/c1-17(32)30-10-7-20(8-11-30)28-24-14-25(27-16-26-24)29-21-12-22(23(33)13-21)31-9-6-18-4-2-3-5-19(18)15-31/h2-5,14,16,20-23,33H,6-13,15H2,1H3,(H2,26,27,28,29)/t21-,22+,23+/m1/s1. The van der Waals surface area contributed by atoms with Crippen LogP contribution in [-0.2, 0) is 17.8 Å². The summed E-state index contributed by atoms with van der Waals surface area (Å²) in [5.41, 5.74) is 2.82. The fourth-order valence-electron chi connectivity index (χ4n) is 5.58. The minimum atomic E-state index is -0.335. The van der Waals surface area contributed by atoms with Crippen molar-refractivity contribution < 1.29 is 9.90 Å². The molecule has 5 rings (SSSR count). The molecule has 8 nitrogen and oxygen atoms in total. The molecule has 0 radical (unpaired) electrons. The molecule has 0 unspecified atom stereocenters. The van der Waals surface area contributed by atoms with Gasteiger partial charge in [-0.3, -0.25) is 9.69 Å². The van der Waals surface area contributed by atoms with Crippen LogP contribution in [0.5, 0.6) is 0 Å². The van der Waals surface area contributed by atoms with Gasteiger partial charge < -0.3 is 20.6 Å². The van der Waals surface area contributed by atoms with Crippen molar-refractivity contribution in [3.05, 3.63) is 47.8 Å². The molecule has 0 spiro atoms. The number of carbonyl (C=O) groups is 1. The molecule has 1 aliphatic carbocycles. The summed E-state index contributed by atoms with van der Waals surface area (Å²) in [7, 11) is 0. The number of fused-ring (bicyclic) bond motifs is 1. The molecule has 2 fully saturated rings. The van der Waals surface area contributed by atoms with Crippen LogP contribution in [0, 0.1) is 0 Å². The molecule has 3 aliphatic rings. The average molecular weight is 451 g/mol. The summed E-state index contributed by atoms with van der Waals surface area (Å²) in [6.45, 7) is 5.10. The van der Waals surface area contributed by atoms with Crippen molar-refractivity contribution >= 4 is 17.5 Å². The van der Waals surface area contributed by atoms with Gasteiger partial charge in [-0.2, -0.15) is 0 Å². The topological polar surface area (TPSA) is 93.6 Å². The van der Waals surface area contributed by atoms with Crippen LogP contribution in [0.3, 0.4) is 0 Å². The number of likely N-dealkylation sites (tertiary alicyclic amines) is 1. The average Bonchev–Trinajstić information content (AvgIpc) is 3.19. The van der Waals surface area contributed by atoms with E-state index in [1.807, 2.05) is 11.0 Å². The first-order chi connectivity index (χ1) is 16.0. The zero-order valence-corrected chi connectivity index (χ0v) is 19.3. The maximum absolute atomic E-state index is 11.5. The fraction of sp³-hybridized carbons (Fsp3) is 0.560. The van der Waals surface area contributed by atoms with Gasteiger partial charge in [0.2, 0.25) is 5.91 Å².